The summed E-state index contributed by atoms with van der Waals surface area (Å²) in [6, 6.07) is 7.72. The molecule has 3 N–H and O–H groups in total. The molecule has 16 heavy (non-hydrogen) atoms. The lowest BCUT2D eigenvalue weighted by atomic mass is 10.1. The standard InChI is InChI=1S/C12H17BrN2O/c1-12(2,8-14)15-11(16)7-9-4-3-5-10(13)6-9/h3-6H,7-8,14H2,1-2H3,(H,15,16). The van der Waals surface area contributed by atoms with Crippen molar-refractivity contribution in [3.8, 4) is 0 Å². The third kappa shape index (κ3) is 4.33. The van der Waals surface area contributed by atoms with Gasteiger partial charge in [0.25, 0.3) is 0 Å². The van der Waals surface area contributed by atoms with Gasteiger partial charge in [-0.25, -0.2) is 0 Å². The Morgan fingerprint density at radius 3 is 2.75 bits per heavy atom. The fraction of sp³-hybridized carbons (Fsp3) is 0.417. The van der Waals surface area contributed by atoms with Crippen molar-refractivity contribution in [3.05, 3.63) is 34.3 Å². The Kier molecular flexibility index (Phi) is 4.50. The van der Waals surface area contributed by atoms with Crippen LogP contribution in [0.1, 0.15) is 19.4 Å². The van der Waals surface area contributed by atoms with Crippen molar-refractivity contribution in [2.45, 2.75) is 25.8 Å². The van der Waals surface area contributed by atoms with Crippen LogP contribution in [0, 0.1) is 0 Å². The normalized spacial score (nSPS) is 11.2. The molecule has 3 nitrogen and oxygen atoms in total. The quantitative estimate of drug-likeness (QED) is 0.887. The molecule has 0 saturated carbocycles. The molecule has 0 atom stereocenters. The number of benzene rings is 1. The highest BCUT2D eigenvalue weighted by molar-refractivity contribution is 9.10. The Balaban J connectivity index is 2.59. The topological polar surface area (TPSA) is 55.1 Å². The van der Waals surface area contributed by atoms with E-state index in [1.54, 1.807) is 0 Å². The molecule has 0 spiro atoms. The molecule has 4 heteroatoms. The third-order valence-corrected chi connectivity index (χ3v) is 2.74. The number of amides is 1. The number of halogens is 1. The number of carbonyl (C=O) groups is 1. The van der Waals surface area contributed by atoms with Gasteiger partial charge in [0.2, 0.25) is 5.91 Å². The van der Waals surface area contributed by atoms with E-state index in [4.69, 9.17) is 5.73 Å². The molecule has 0 bridgehead atoms. The van der Waals surface area contributed by atoms with Gasteiger partial charge in [0.1, 0.15) is 0 Å². The van der Waals surface area contributed by atoms with Crippen LogP contribution in [0.15, 0.2) is 28.7 Å². The molecule has 0 heterocycles. The zero-order chi connectivity index (χ0) is 12.2. The molecule has 0 saturated heterocycles. The second kappa shape index (κ2) is 5.46. The van der Waals surface area contributed by atoms with Crippen molar-refractivity contribution in [3.63, 3.8) is 0 Å². The summed E-state index contributed by atoms with van der Waals surface area (Å²) in [5, 5.41) is 2.89. The maximum atomic E-state index is 11.7. The van der Waals surface area contributed by atoms with Crippen molar-refractivity contribution >= 4 is 21.8 Å². The van der Waals surface area contributed by atoms with E-state index < -0.39 is 0 Å². The Morgan fingerprint density at radius 1 is 1.50 bits per heavy atom. The average molecular weight is 285 g/mol. The summed E-state index contributed by atoms with van der Waals surface area (Å²) in [5.74, 6) is -0.00597. The lowest BCUT2D eigenvalue weighted by Gasteiger charge is -2.24. The maximum absolute atomic E-state index is 11.7. The first-order valence-corrected chi connectivity index (χ1v) is 5.98. The highest BCUT2D eigenvalue weighted by Crippen LogP contribution is 2.12. The highest BCUT2D eigenvalue weighted by Gasteiger charge is 2.18. The second-order valence-corrected chi connectivity index (χ2v) is 5.36. The molecule has 0 fully saturated rings. The molecule has 0 aliphatic heterocycles. The first-order valence-electron chi connectivity index (χ1n) is 5.18. The minimum atomic E-state index is -0.344. The van der Waals surface area contributed by atoms with Crippen molar-refractivity contribution in [1.82, 2.24) is 5.32 Å². The Morgan fingerprint density at radius 2 is 2.19 bits per heavy atom. The number of rotatable bonds is 4. The van der Waals surface area contributed by atoms with Gasteiger partial charge in [-0.05, 0) is 31.5 Å². The van der Waals surface area contributed by atoms with Gasteiger partial charge in [-0.2, -0.15) is 0 Å². The number of nitrogens with two attached hydrogens (primary N) is 1. The Hall–Kier alpha value is -0.870. The largest absolute Gasteiger partial charge is 0.350 e. The number of carbonyl (C=O) groups excluding carboxylic acids is 1. The van der Waals surface area contributed by atoms with Gasteiger partial charge < -0.3 is 11.1 Å². The van der Waals surface area contributed by atoms with Crippen LogP contribution in [-0.4, -0.2) is 18.0 Å². The van der Waals surface area contributed by atoms with Gasteiger partial charge in [0.05, 0.1) is 6.42 Å². The van der Waals surface area contributed by atoms with E-state index in [9.17, 15) is 4.79 Å². The Labute approximate surface area is 105 Å². The molecular formula is C12H17BrN2O. The lowest BCUT2D eigenvalue weighted by Crippen LogP contribution is -2.49. The van der Waals surface area contributed by atoms with Gasteiger partial charge in [0.15, 0.2) is 0 Å². The molecule has 0 aliphatic carbocycles. The summed E-state index contributed by atoms with van der Waals surface area (Å²) in [7, 11) is 0. The van der Waals surface area contributed by atoms with Crippen LogP contribution < -0.4 is 11.1 Å². The summed E-state index contributed by atoms with van der Waals surface area (Å²) >= 11 is 3.38. The van der Waals surface area contributed by atoms with Gasteiger partial charge in [-0.3, -0.25) is 4.79 Å². The van der Waals surface area contributed by atoms with Gasteiger partial charge in [0, 0.05) is 16.6 Å². The summed E-state index contributed by atoms with van der Waals surface area (Å²) in [6.45, 7) is 4.24. The molecule has 1 rings (SSSR count). The molecule has 0 aromatic heterocycles. The van der Waals surface area contributed by atoms with E-state index in [1.165, 1.54) is 0 Å². The van der Waals surface area contributed by atoms with E-state index in [2.05, 4.69) is 21.2 Å². The molecule has 0 unspecified atom stereocenters. The van der Waals surface area contributed by atoms with E-state index in [-0.39, 0.29) is 11.4 Å². The maximum Gasteiger partial charge on any atom is 0.224 e. The van der Waals surface area contributed by atoms with Crippen LogP contribution in [-0.2, 0) is 11.2 Å². The van der Waals surface area contributed by atoms with Crippen LogP contribution >= 0.6 is 15.9 Å². The van der Waals surface area contributed by atoms with Crippen LogP contribution in [0.5, 0.6) is 0 Å². The third-order valence-electron chi connectivity index (χ3n) is 2.24. The molecule has 1 amide bonds. The predicted octanol–water partition coefficient (Wildman–Crippen LogP) is 1.85. The summed E-state index contributed by atoms with van der Waals surface area (Å²) < 4.78 is 0.982. The average Bonchev–Trinajstić information content (AvgIpc) is 2.16. The summed E-state index contributed by atoms with van der Waals surface area (Å²) in [4.78, 5) is 11.7. The molecule has 1 aromatic carbocycles. The fourth-order valence-electron chi connectivity index (χ4n) is 1.30. The SMILES string of the molecule is CC(C)(CN)NC(=O)Cc1cccc(Br)c1. The van der Waals surface area contributed by atoms with Crippen molar-refractivity contribution < 1.29 is 4.79 Å². The zero-order valence-electron chi connectivity index (χ0n) is 9.59. The first kappa shape index (κ1) is 13.2. The zero-order valence-corrected chi connectivity index (χ0v) is 11.2. The minimum absolute atomic E-state index is 0.00597. The van der Waals surface area contributed by atoms with Crippen LogP contribution in [0.3, 0.4) is 0 Å². The van der Waals surface area contributed by atoms with Crippen molar-refractivity contribution in [2.75, 3.05) is 6.54 Å². The van der Waals surface area contributed by atoms with Gasteiger partial charge in [-0.15, -0.1) is 0 Å². The van der Waals surface area contributed by atoms with E-state index >= 15 is 0 Å². The van der Waals surface area contributed by atoms with Gasteiger partial charge in [-0.1, -0.05) is 28.1 Å². The van der Waals surface area contributed by atoms with Crippen LogP contribution in [0.25, 0.3) is 0 Å². The van der Waals surface area contributed by atoms with E-state index in [1.807, 2.05) is 38.1 Å². The lowest BCUT2D eigenvalue weighted by molar-refractivity contribution is -0.121. The number of nitrogens with one attached hydrogen (secondary N) is 1. The van der Waals surface area contributed by atoms with Gasteiger partial charge >= 0.3 is 0 Å². The first-order chi connectivity index (χ1) is 7.43. The molecule has 0 aliphatic rings. The second-order valence-electron chi connectivity index (χ2n) is 4.44. The molecule has 88 valence electrons. The Bertz CT molecular complexity index is 377. The molecule has 0 radical (unpaired) electrons. The van der Waals surface area contributed by atoms with E-state index in [0.717, 1.165) is 10.0 Å². The highest BCUT2D eigenvalue weighted by atomic mass is 79.9. The smallest absolute Gasteiger partial charge is 0.224 e. The molecular weight excluding hydrogens is 268 g/mol. The summed E-state index contributed by atoms with van der Waals surface area (Å²) in [5.41, 5.74) is 6.19. The van der Waals surface area contributed by atoms with Crippen LogP contribution in [0.4, 0.5) is 0 Å². The van der Waals surface area contributed by atoms with Crippen LogP contribution in [0.2, 0.25) is 0 Å². The fourth-order valence-corrected chi connectivity index (χ4v) is 1.75. The van der Waals surface area contributed by atoms with E-state index in [0.29, 0.717) is 13.0 Å². The number of hydrogen-bond acceptors (Lipinski definition) is 2. The molecule has 1 aromatic rings. The van der Waals surface area contributed by atoms with Crippen molar-refractivity contribution in [1.29, 1.82) is 0 Å². The predicted molar refractivity (Wildman–Crippen MR) is 69.1 cm³/mol. The van der Waals surface area contributed by atoms with Crippen molar-refractivity contribution in [2.24, 2.45) is 5.73 Å². The monoisotopic (exact) mass is 284 g/mol. The summed E-state index contributed by atoms with van der Waals surface area (Å²) in [6.07, 6.45) is 0.378. The minimum Gasteiger partial charge on any atom is -0.350 e. The number of hydrogen-bond donors (Lipinski definition) is 2.